The van der Waals surface area contributed by atoms with Crippen LogP contribution in [0.2, 0.25) is 0 Å². The maximum atomic E-state index is 4.84. The lowest BCUT2D eigenvalue weighted by atomic mass is 9.74. The molecule has 0 unspecified atom stereocenters. The third-order valence-corrected chi connectivity index (χ3v) is 5.56. The van der Waals surface area contributed by atoms with Gasteiger partial charge < -0.3 is 5.32 Å². The van der Waals surface area contributed by atoms with Gasteiger partial charge in [0.1, 0.15) is 0 Å². The first-order chi connectivity index (χ1) is 14.2. The molecular weight excluding hydrogens is 364 g/mol. The number of rotatable bonds is 5. The highest BCUT2D eigenvalue weighted by Gasteiger charge is 2.32. The van der Waals surface area contributed by atoms with Crippen molar-refractivity contribution in [3.8, 4) is 0 Å². The number of aliphatic imine (C=N–C) groups is 1. The Morgan fingerprint density at radius 3 is 2.00 bits per heavy atom. The molecule has 0 radical (unpaired) electrons. The summed E-state index contributed by atoms with van der Waals surface area (Å²) in [6.45, 7) is 15.2. The van der Waals surface area contributed by atoms with Crippen LogP contribution in [0.1, 0.15) is 43.0 Å². The number of para-hydroxylation sites is 2. The van der Waals surface area contributed by atoms with Crippen LogP contribution in [0.25, 0.3) is 0 Å². The SMILES string of the molecule is Cc1cccc(C)c1N=C=C(Nc1c(C)cccc1C)[C@@H](C1=C=CC=C1)C(C)(C)C. The fourth-order valence-electron chi connectivity index (χ4n) is 3.99. The second-order valence-corrected chi connectivity index (χ2v) is 9.19. The predicted octanol–water partition coefficient (Wildman–Crippen LogP) is 7.53. The number of anilines is 1. The molecule has 154 valence electrons. The molecule has 0 amide bonds. The summed E-state index contributed by atoms with van der Waals surface area (Å²) in [4.78, 5) is 4.84. The summed E-state index contributed by atoms with van der Waals surface area (Å²) < 4.78 is 0. The molecule has 0 spiro atoms. The molecule has 1 N–H and O–H groups in total. The normalized spacial score (nSPS) is 13.6. The summed E-state index contributed by atoms with van der Waals surface area (Å²) in [6.07, 6.45) is 6.17. The molecule has 0 saturated heterocycles. The minimum absolute atomic E-state index is 0.0346. The molecule has 0 bridgehead atoms. The molecule has 0 heterocycles. The molecule has 1 atom stereocenters. The fraction of sp³-hybridized carbons (Fsp3) is 0.321. The van der Waals surface area contributed by atoms with Crippen LogP contribution >= 0.6 is 0 Å². The summed E-state index contributed by atoms with van der Waals surface area (Å²) in [5.41, 5.74) is 12.3. The van der Waals surface area contributed by atoms with E-state index < -0.39 is 0 Å². The number of allylic oxidation sites excluding steroid dienone is 3. The Kier molecular flexibility index (Phi) is 6.32. The van der Waals surface area contributed by atoms with E-state index in [4.69, 9.17) is 4.99 Å². The number of nitrogens with zero attached hydrogens (tertiary/aromatic N) is 1. The lowest BCUT2D eigenvalue weighted by Gasteiger charge is -2.32. The van der Waals surface area contributed by atoms with Crippen molar-refractivity contribution in [2.75, 3.05) is 5.32 Å². The van der Waals surface area contributed by atoms with Crippen molar-refractivity contribution in [3.05, 3.63) is 93.9 Å². The van der Waals surface area contributed by atoms with Gasteiger partial charge in [0.05, 0.1) is 11.4 Å². The van der Waals surface area contributed by atoms with Crippen LogP contribution in [0.4, 0.5) is 11.4 Å². The number of benzene rings is 2. The largest absolute Gasteiger partial charge is 0.350 e. The van der Waals surface area contributed by atoms with Gasteiger partial charge in [-0.25, -0.2) is 4.99 Å². The maximum absolute atomic E-state index is 4.84. The van der Waals surface area contributed by atoms with Crippen LogP contribution in [0.5, 0.6) is 0 Å². The summed E-state index contributed by atoms with van der Waals surface area (Å²) in [5.74, 6) is 3.51. The summed E-state index contributed by atoms with van der Waals surface area (Å²) in [6, 6.07) is 12.6. The molecule has 0 saturated carbocycles. The summed E-state index contributed by atoms with van der Waals surface area (Å²) >= 11 is 0. The minimum Gasteiger partial charge on any atom is -0.350 e. The maximum Gasteiger partial charge on any atom is 0.0867 e. The standard InChI is InChI=1S/C28H32N2/c1-19-12-10-13-20(2)26(19)29-18-24(30-27-21(3)14-11-15-22(27)4)25(28(5,6)7)23-16-8-9-17-23/h8-16,25,30H,1-7H3/t25-/m1/s1. The second kappa shape index (κ2) is 8.76. The van der Waals surface area contributed by atoms with Crippen molar-refractivity contribution >= 4 is 17.2 Å². The van der Waals surface area contributed by atoms with Gasteiger partial charge in [-0.1, -0.05) is 63.2 Å². The van der Waals surface area contributed by atoms with Gasteiger partial charge in [-0.2, -0.15) is 0 Å². The molecule has 2 aromatic rings. The molecular formula is C28H32N2. The number of aryl methyl sites for hydroxylation is 4. The van der Waals surface area contributed by atoms with E-state index >= 15 is 0 Å². The van der Waals surface area contributed by atoms with Gasteiger partial charge >= 0.3 is 0 Å². The molecule has 30 heavy (non-hydrogen) atoms. The van der Waals surface area contributed by atoms with E-state index in [0.717, 1.165) is 33.8 Å². The molecule has 3 rings (SSSR count). The third kappa shape index (κ3) is 4.74. The highest BCUT2D eigenvalue weighted by atomic mass is 14.9. The lowest BCUT2D eigenvalue weighted by molar-refractivity contribution is 0.325. The molecule has 2 heteroatoms. The van der Waals surface area contributed by atoms with Crippen molar-refractivity contribution in [1.29, 1.82) is 0 Å². The van der Waals surface area contributed by atoms with E-state index in [1.807, 2.05) is 12.2 Å². The van der Waals surface area contributed by atoms with Crippen LogP contribution in [-0.2, 0) is 0 Å². The minimum atomic E-state index is -0.0346. The first-order valence-corrected chi connectivity index (χ1v) is 10.5. The van der Waals surface area contributed by atoms with Gasteiger partial charge in [0.15, 0.2) is 0 Å². The van der Waals surface area contributed by atoms with E-state index in [-0.39, 0.29) is 11.3 Å². The molecule has 0 aromatic heterocycles. The average Bonchev–Trinajstić information content (AvgIpc) is 3.17. The summed E-state index contributed by atoms with van der Waals surface area (Å²) in [7, 11) is 0. The quantitative estimate of drug-likeness (QED) is 0.410. The van der Waals surface area contributed by atoms with E-state index in [0.29, 0.717) is 0 Å². The van der Waals surface area contributed by atoms with Gasteiger partial charge in [0, 0.05) is 23.0 Å². The molecule has 2 nitrogen and oxygen atoms in total. The topological polar surface area (TPSA) is 24.4 Å². The van der Waals surface area contributed by atoms with Gasteiger partial charge in [0.2, 0.25) is 0 Å². The Labute approximate surface area is 181 Å². The van der Waals surface area contributed by atoms with Crippen molar-refractivity contribution < 1.29 is 0 Å². The zero-order valence-electron chi connectivity index (χ0n) is 19.2. The fourth-order valence-corrected chi connectivity index (χ4v) is 3.99. The van der Waals surface area contributed by atoms with Gasteiger partial charge in [-0.05, 0) is 67.5 Å². The van der Waals surface area contributed by atoms with Crippen molar-refractivity contribution in [1.82, 2.24) is 0 Å². The Balaban J connectivity index is 2.21. The molecule has 1 aliphatic carbocycles. The van der Waals surface area contributed by atoms with E-state index in [1.165, 1.54) is 11.1 Å². The first kappa shape index (κ1) is 21.7. The number of nitrogens with one attached hydrogen (secondary N) is 1. The Bertz CT molecular complexity index is 1070. The van der Waals surface area contributed by atoms with Crippen LogP contribution in [0.15, 0.2) is 76.6 Å². The molecule has 2 aromatic carbocycles. The first-order valence-electron chi connectivity index (χ1n) is 10.5. The highest BCUT2D eigenvalue weighted by molar-refractivity contribution is 5.74. The van der Waals surface area contributed by atoms with Crippen molar-refractivity contribution in [3.63, 3.8) is 0 Å². The lowest BCUT2D eigenvalue weighted by Crippen LogP contribution is -2.27. The van der Waals surface area contributed by atoms with E-state index in [2.05, 4.69) is 108 Å². The third-order valence-electron chi connectivity index (χ3n) is 5.56. The smallest absolute Gasteiger partial charge is 0.0867 e. The van der Waals surface area contributed by atoms with Gasteiger partial charge in [-0.3, -0.25) is 0 Å². The monoisotopic (exact) mass is 396 g/mol. The van der Waals surface area contributed by atoms with Crippen LogP contribution in [-0.4, -0.2) is 5.87 Å². The summed E-state index contributed by atoms with van der Waals surface area (Å²) in [5, 5.41) is 3.71. The molecule has 0 aliphatic heterocycles. The number of hydrogen-bond donors (Lipinski definition) is 1. The zero-order valence-corrected chi connectivity index (χ0v) is 19.2. The Hall–Kier alpha value is -3.05. The van der Waals surface area contributed by atoms with Crippen LogP contribution in [0.3, 0.4) is 0 Å². The van der Waals surface area contributed by atoms with E-state index in [1.54, 1.807) is 0 Å². The zero-order chi connectivity index (χ0) is 21.9. The van der Waals surface area contributed by atoms with Crippen molar-refractivity contribution in [2.45, 2.75) is 48.5 Å². The highest BCUT2D eigenvalue weighted by Crippen LogP contribution is 2.39. The van der Waals surface area contributed by atoms with Crippen molar-refractivity contribution in [2.24, 2.45) is 16.3 Å². The molecule has 1 aliphatic rings. The average molecular weight is 397 g/mol. The Morgan fingerprint density at radius 2 is 1.50 bits per heavy atom. The molecule has 0 fully saturated rings. The van der Waals surface area contributed by atoms with Gasteiger partial charge in [-0.15, -0.1) is 5.73 Å². The second-order valence-electron chi connectivity index (χ2n) is 9.19. The number of hydrogen-bond acceptors (Lipinski definition) is 2. The Morgan fingerprint density at radius 1 is 0.933 bits per heavy atom. The van der Waals surface area contributed by atoms with Gasteiger partial charge in [0.25, 0.3) is 0 Å². The van der Waals surface area contributed by atoms with Crippen LogP contribution in [0, 0.1) is 39.0 Å². The van der Waals surface area contributed by atoms with E-state index in [9.17, 15) is 0 Å². The van der Waals surface area contributed by atoms with Crippen LogP contribution < -0.4 is 5.32 Å². The predicted molar refractivity (Wildman–Crippen MR) is 130 cm³/mol.